The van der Waals surface area contributed by atoms with Crippen LogP contribution in [0.3, 0.4) is 0 Å². The van der Waals surface area contributed by atoms with E-state index in [1.807, 2.05) is 0 Å². The number of hydrogen-bond acceptors (Lipinski definition) is 2. The van der Waals surface area contributed by atoms with Crippen molar-refractivity contribution in [2.75, 3.05) is 13.2 Å². The third-order valence-corrected chi connectivity index (χ3v) is 3.12. The second kappa shape index (κ2) is 4.11. The molecule has 0 aromatic heterocycles. The molecular weight excluding hydrogens is 188 g/mol. The molecular formula is C10H17F2NO. The molecule has 2 rings (SSSR count). The van der Waals surface area contributed by atoms with Gasteiger partial charge in [0.25, 0.3) is 0 Å². The summed E-state index contributed by atoms with van der Waals surface area (Å²) in [7, 11) is 0. The number of alkyl halides is 2. The molecule has 1 saturated heterocycles. The normalized spacial score (nSPS) is 33.4. The largest absolute Gasteiger partial charge is 0.380 e. The third-order valence-electron chi connectivity index (χ3n) is 3.12. The van der Waals surface area contributed by atoms with Crippen molar-refractivity contribution >= 4 is 0 Å². The standard InChI is InChI=1S/C10H17F2NO/c11-10(12)4-1-8(2-5-10)13-9-3-6-14-7-9/h8-9,13H,1-7H2/t9-/m0/s1. The molecule has 1 N–H and O–H groups in total. The first kappa shape index (κ1) is 10.3. The monoisotopic (exact) mass is 205 g/mol. The molecule has 0 spiro atoms. The fourth-order valence-corrected chi connectivity index (χ4v) is 2.21. The van der Waals surface area contributed by atoms with Gasteiger partial charge in [-0.25, -0.2) is 8.78 Å². The summed E-state index contributed by atoms with van der Waals surface area (Å²) in [5.74, 6) is -2.41. The zero-order valence-corrected chi connectivity index (χ0v) is 8.27. The van der Waals surface area contributed by atoms with Gasteiger partial charge >= 0.3 is 0 Å². The maximum absolute atomic E-state index is 12.8. The number of ether oxygens (including phenoxy) is 1. The molecule has 0 radical (unpaired) electrons. The first-order valence-electron chi connectivity index (χ1n) is 5.37. The van der Waals surface area contributed by atoms with Gasteiger partial charge < -0.3 is 10.1 Å². The van der Waals surface area contributed by atoms with E-state index in [0.717, 1.165) is 19.6 Å². The number of halogens is 2. The Morgan fingerprint density at radius 1 is 1.07 bits per heavy atom. The van der Waals surface area contributed by atoms with Gasteiger partial charge in [-0.3, -0.25) is 0 Å². The molecule has 1 atom stereocenters. The Labute approximate surface area is 83.0 Å². The Kier molecular flexibility index (Phi) is 3.02. The van der Waals surface area contributed by atoms with E-state index in [-0.39, 0.29) is 18.9 Å². The van der Waals surface area contributed by atoms with Crippen molar-refractivity contribution in [3.8, 4) is 0 Å². The summed E-state index contributed by atoms with van der Waals surface area (Å²) in [6.07, 6.45) is 2.30. The molecule has 0 amide bonds. The van der Waals surface area contributed by atoms with Gasteiger partial charge in [-0.1, -0.05) is 0 Å². The zero-order valence-electron chi connectivity index (χ0n) is 8.27. The average molecular weight is 205 g/mol. The molecule has 0 aromatic rings. The minimum atomic E-state index is -2.41. The average Bonchev–Trinajstić information content (AvgIpc) is 2.61. The van der Waals surface area contributed by atoms with Crippen molar-refractivity contribution in [2.24, 2.45) is 0 Å². The molecule has 2 fully saturated rings. The van der Waals surface area contributed by atoms with Crippen LogP contribution in [0.5, 0.6) is 0 Å². The minimum Gasteiger partial charge on any atom is -0.380 e. The van der Waals surface area contributed by atoms with Crippen LogP contribution < -0.4 is 5.32 Å². The summed E-state index contributed by atoms with van der Waals surface area (Å²) in [5.41, 5.74) is 0. The molecule has 1 heterocycles. The molecule has 1 aliphatic carbocycles. The van der Waals surface area contributed by atoms with Gasteiger partial charge in [-0.15, -0.1) is 0 Å². The van der Waals surface area contributed by atoms with E-state index in [1.54, 1.807) is 0 Å². The molecule has 4 heteroatoms. The maximum Gasteiger partial charge on any atom is 0.248 e. The highest BCUT2D eigenvalue weighted by molar-refractivity contribution is 4.84. The van der Waals surface area contributed by atoms with E-state index in [2.05, 4.69) is 5.32 Å². The molecule has 0 aromatic carbocycles. The second-order valence-corrected chi connectivity index (χ2v) is 4.36. The van der Waals surface area contributed by atoms with Gasteiger partial charge in [0.1, 0.15) is 0 Å². The van der Waals surface area contributed by atoms with E-state index < -0.39 is 5.92 Å². The molecule has 1 saturated carbocycles. The molecule has 82 valence electrons. The number of hydrogen-bond donors (Lipinski definition) is 1. The molecule has 1 aliphatic heterocycles. The van der Waals surface area contributed by atoms with Crippen molar-refractivity contribution in [1.82, 2.24) is 5.32 Å². The smallest absolute Gasteiger partial charge is 0.248 e. The zero-order chi connectivity index (χ0) is 10.0. The van der Waals surface area contributed by atoms with Crippen LogP contribution in [0.1, 0.15) is 32.1 Å². The predicted octanol–water partition coefficient (Wildman–Crippen LogP) is 1.94. The minimum absolute atomic E-state index is 0.0399. The fourth-order valence-electron chi connectivity index (χ4n) is 2.21. The van der Waals surface area contributed by atoms with Crippen LogP contribution >= 0.6 is 0 Å². The van der Waals surface area contributed by atoms with E-state index in [0.29, 0.717) is 18.9 Å². The highest BCUT2D eigenvalue weighted by atomic mass is 19.3. The first-order valence-corrected chi connectivity index (χ1v) is 5.37. The van der Waals surface area contributed by atoms with Crippen molar-refractivity contribution < 1.29 is 13.5 Å². The summed E-state index contributed by atoms with van der Waals surface area (Å²) < 4.78 is 30.9. The lowest BCUT2D eigenvalue weighted by atomic mass is 9.92. The van der Waals surface area contributed by atoms with Crippen molar-refractivity contribution in [1.29, 1.82) is 0 Å². The van der Waals surface area contributed by atoms with Gasteiger partial charge in [0, 0.05) is 31.5 Å². The molecule has 14 heavy (non-hydrogen) atoms. The van der Waals surface area contributed by atoms with Gasteiger partial charge in [0.15, 0.2) is 0 Å². The van der Waals surface area contributed by atoms with E-state index in [1.165, 1.54) is 0 Å². The lowest BCUT2D eigenvalue weighted by molar-refractivity contribution is -0.0412. The summed E-state index contributed by atoms with van der Waals surface area (Å²) in [5, 5.41) is 3.40. The summed E-state index contributed by atoms with van der Waals surface area (Å²) >= 11 is 0. The van der Waals surface area contributed by atoms with Crippen molar-refractivity contribution in [2.45, 2.75) is 50.1 Å². The van der Waals surface area contributed by atoms with E-state index in [4.69, 9.17) is 4.74 Å². The third kappa shape index (κ3) is 2.64. The van der Waals surface area contributed by atoms with Crippen LogP contribution in [0.2, 0.25) is 0 Å². The lowest BCUT2D eigenvalue weighted by Gasteiger charge is -2.30. The van der Waals surface area contributed by atoms with Crippen LogP contribution in [0.25, 0.3) is 0 Å². The van der Waals surface area contributed by atoms with Crippen LogP contribution in [-0.4, -0.2) is 31.2 Å². The summed E-state index contributed by atoms with van der Waals surface area (Å²) in [4.78, 5) is 0. The molecule has 2 aliphatic rings. The molecule has 0 unspecified atom stereocenters. The highest BCUT2D eigenvalue weighted by Crippen LogP contribution is 2.33. The first-order chi connectivity index (χ1) is 6.66. The second-order valence-electron chi connectivity index (χ2n) is 4.36. The summed E-state index contributed by atoms with van der Waals surface area (Å²) in [6, 6.07) is 0.674. The Hall–Kier alpha value is -0.220. The Bertz CT molecular complexity index is 183. The SMILES string of the molecule is FC1(F)CCC(N[C@H]2CCOC2)CC1. The van der Waals surface area contributed by atoms with Gasteiger partial charge in [0.2, 0.25) is 5.92 Å². The summed E-state index contributed by atoms with van der Waals surface area (Å²) in [6.45, 7) is 1.55. The molecule has 2 nitrogen and oxygen atoms in total. The van der Waals surface area contributed by atoms with Gasteiger partial charge in [-0.05, 0) is 19.3 Å². The Morgan fingerprint density at radius 2 is 1.79 bits per heavy atom. The quantitative estimate of drug-likeness (QED) is 0.744. The van der Waals surface area contributed by atoms with E-state index >= 15 is 0 Å². The number of nitrogens with one attached hydrogen (secondary N) is 1. The Morgan fingerprint density at radius 3 is 2.36 bits per heavy atom. The van der Waals surface area contributed by atoms with Crippen molar-refractivity contribution in [3.63, 3.8) is 0 Å². The lowest BCUT2D eigenvalue weighted by Crippen LogP contribution is -2.42. The van der Waals surface area contributed by atoms with Crippen LogP contribution in [0, 0.1) is 0 Å². The fraction of sp³-hybridized carbons (Fsp3) is 1.00. The predicted molar refractivity (Wildman–Crippen MR) is 49.6 cm³/mol. The maximum atomic E-state index is 12.8. The van der Waals surface area contributed by atoms with Crippen LogP contribution in [-0.2, 0) is 4.74 Å². The Balaban J connectivity index is 1.72. The van der Waals surface area contributed by atoms with E-state index in [9.17, 15) is 8.78 Å². The van der Waals surface area contributed by atoms with Crippen LogP contribution in [0.4, 0.5) is 8.78 Å². The van der Waals surface area contributed by atoms with Crippen LogP contribution in [0.15, 0.2) is 0 Å². The number of rotatable bonds is 2. The molecule has 0 bridgehead atoms. The topological polar surface area (TPSA) is 21.3 Å². The van der Waals surface area contributed by atoms with Crippen molar-refractivity contribution in [3.05, 3.63) is 0 Å². The highest BCUT2D eigenvalue weighted by Gasteiger charge is 2.35. The van der Waals surface area contributed by atoms with Gasteiger partial charge in [0.05, 0.1) is 6.61 Å². The van der Waals surface area contributed by atoms with Gasteiger partial charge in [-0.2, -0.15) is 0 Å².